The molecule has 0 amide bonds. The Morgan fingerprint density at radius 3 is 2.50 bits per heavy atom. The molecule has 0 bridgehead atoms. The summed E-state index contributed by atoms with van der Waals surface area (Å²) >= 11 is 7.57. The van der Waals surface area contributed by atoms with E-state index in [1.165, 1.54) is 5.56 Å². The van der Waals surface area contributed by atoms with E-state index in [0.29, 0.717) is 5.02 Å². The summed E-state index contributed by atoms with van der Waals surface area (Å²) in [5.41, 5.74) is 7.92. The van der Waals surface area contributed by atoms with E-state index < -0.39 is 0 Å². The number of hydrogen-bond donors (Lipinski definition) is 1. The second-order valence-corrected chi connectivity index (χ2v) is 4.91. The predicted molar refractivity (Wildman–Crippen MR) is 71.9 cm³/mol. The third-order valence-electron chi connectivity index (χ3n) is 2.21. The molecule has 0 unspecified atom stereocenters. The molecule has 0 aliphatic carbocycles. The van der Waals surface area contributed by atoms with Crippen molar-refractivity contribution in [3.8, 4) is 0 Å². The van der Waals surface area contributed by atoms with Gasteiger partial charge >= 0.3 is 0 Å². The van der Waals surface area contributed by atoms with Crippen molar-refractivity contribution in [2.75, 3.05) is 5.73 Å². The van der Waals surface area contributed by atoms with Gasteiger partial charge < -0.3 is 5.73 Å². The Hall–Kier alpha value is -1.12. The maximum atomic E-state index is 5.88. The first-order valence-electron chi connectivity index (χ1n) is 4.97. The summed E-state index contributed by atoms with van der Waals surface area (Å²) in [6.45, 7) is 0. The lowest BCUT2D eigenvalue weighted by molar-refractivity contribution is 1.38. The third kappa shape index (κ3) is 2.94. The van der Waals surface area contributed by atoms with Crippen LogP contribution >= 0.6 is 23.4 Å². The molecule has 2 aromatic rings. The van der Waals surface area contributed by atoms with Crippen LogP contribution in [0.25, 0.3) is 0 Å². The zero-order chi connectivity index (χ0) is 11.4. The van der Waals surface area contributed by atoms with Gasteiger partial charge in [0.25, 0.3) is 0 Å². The van der Waals surface area contributed by atoms with E-state index in [2.05, 4.69) is 12.1 Å². The highest BCUT2D eigenvalue weighted by Crippen LogP contribution is 2.29. The minimum Gasteiger partial charge on any atom is -0.398 e. The summed E-state index contributed by atoms with van der Waals surface area (Å²) in [5.74, 6) is 0.923. The van der Waals surface area contributed by atoms with E-state index in [0.717, 1.165) is 16.3 Å². The average molecular weight is 250 g/mol. The first-order chi connectivity index (χ1) is 7.75. The first-order valence-corrected chi connectivity index (χ1v) is 6.34. The molecule has 1 nitrogen and oxygen atoms in total. The fourth-order valence-electron chi connectivity index (χ4n) is 1.39. The number of hydrogen-bond acceptors (Lipinski definition) is 2. The fraction of sp³-hybridized carbons (Fsp3) is 0.0769. The maximum absolute atomic E-state index is 5.88. The van der Waals surface area contributed by atoms with Crippen molar-refractivity contribution in [2.24, 2.45) is 0 Å². The highest BCUT2D eigenvalue weighted by atomic mass is 35.5. The third-order valence-corrected chi connectivity index (χ3v) is 3.60. The van der Waals surface area contributed by atoms with Gasteiger partial charge in [0.15, 0.2) is 0 Å². The summed E-state index contributed by atoms with van der Waals surface area (Å²) in [5, 5.41) is 0.682. The van der Waals surface area contributed by atoms with Gasteiger partial charge in [-0.3, -0.25) is 0 Å². The molecule has 82 valence electrons. The van der Waals surface area contributed by atoms with Crippen LogP contribution in [-0.4, -0.2) is 0 Å². The van der Waals surface area contributed by atoms with Gasteiger partial charge in [-0.25, -0.2) is 0 Å². The molecule has 0 saturated heterocycles. The molecule has 0 aliphatic rings. The van der Waals surface area contributed by atoms with Crippen LogP contribution in [0.1, 0.15) is 5.56 Å². The van der Waals surface area contributed by atoms with E-state index in [1.54, 1.807) is 17.8 Å². The van der Waals surface area contributed by atoms with Crippen molar-refractivity contribution in [3.05, 3.63) is 59.1 Å². The van der Waals surface area contributed by atoms with Crippen LogP contribution in [0.2, 0.25) is 5.02 Å². The molecule has 2 rings (SSSR count). The molecule has 0 radical (unpaired) electrons. The molecule has 0 aromatic heterocycles. The summed E-state index contributed by atoms with van der Waals surface area (Å²) in [7, 11) is 0. The zero-order valence-electron chi connectivity index (χ0n) is 8.69. The van der Waals surface area contributed by atoms with Gasteiger partial charge in [-0.1, -0.05) is 41.9 Å². The van der Waals surface area contributed by atoms with Crippen LogP contribution in [0, 0.1) is 0 Å². The number of rotatable bonds is 3. The molecule has 0 aliphatic heterocycles. The zero-order valence-corrected chi connectivity index (χ0v) is 10.3. The summed E-state index contributed by atoms with van der Waals surface area (Å²) in [6, 6.07) is 15.9. The molecule has 0 spiro atoms. The van der Waals surface area contributed by atoms with E-state index in [9.17, 15) is 0 Å². The van der Waals surface area contributed by atoms with Gasteiger partial charge in [0.1, 0.15) is 0 Å². The van der Waals surface area contributed by atoms with Crippen LogP contribution in [0.4, 0.5) is 5.69 Å². The highest BCUT2D eigenvalue weighted by molar-refractivity contribution is 7.98. The lowest BCUT2D eigenvalue weighted by atomic mass is 10.2. The lowest BCUT2D eigenvalue weighted by Crippen LogP contribution is -1.88. The quantitative estimate of drug-likeness (QED) is 0.651. The van der Waals surface area contributed by atoms with Crippen molar-refractivity contribution in [3.63, 3.8) is 0 Å². The minimum absolute atomic E-state index is 0.682. The van der Waals surface area contributed by atoms with Crippen molar-refractivity contribution in [2.45, 2.75) is 10.6 Å². The lowest BCUT2D eigenvalue weighted by Gasteiger charge is -2.05. The largest absolute Gasteiger partial charge is 0.398 e. The number of benzene rings is 2. The van der Waals surface area contributed by atoms with E-state index in [4.69, 9.17) is 17.3 Å². The Morgan fingerprint density at radius 2 is 1.81 bits per heavy atom. The molecule has 0 fully saturated rings. The average Bonchev–Trinajstić information content (AvgIpc) is 2.29. The number of thioether (sulfide) groups is 1. The minimum atomic E-state index is 0.682. The second-order valence-electron chi connectivity index (χ2n) is 3.46. The van der Waals surface area contributed by atoms with Crippen LogP contribution in [0.3, 0.4) is 0 Å². The van der Waals surface area contributed by atoms with Crippen molar-refractivity contribution in [1.82, 2.24) is 0 Å². The van der Waals surface area contributed by atoms with Crippen LogP contribution < -0.4 is 5.73 Å². The fourth-order valence-corrected chi connectivity index (χ4v) is 2.47. The molecule has 2 aromatic carbocycles. The van der Waals surface area contributed by atoms with Gasteiger partial charge in [-0.05, 0) is 23.8 Å². The van der Waals surface area contributed by atoms with Gasteiger partial charge in [0.2, 0.25) is 0 Å². The van der Waals surface area contributed by atoms with E-state index >= 15 is 0 Å². The molecule has 2 N–H and O–H groups in total. The van der Waals surface area contributed by atoms with E-state index in [-0.39, 0.29) is 0 Å². The van der Waals surface area contributed by atoms with Crippen molar-refractivity contribution in [1.29, 1.82) is 0 Å². The number of anilines is 1. The highest BCUT2D eigenvalue weighted by Gasteiger charge is 2.01. The Morgan fingerprint density at radius 1 is 1.06 bits per heavy atom. The molecular weight excluding hydrogens is 238 g/mol. The maximum Gasteiger partial charge on any atom is 0.0467 e. The Labute approximate surface area is 105 Å². The monoisotopic (exact) mass is 249 g/mol. The Balaban J connectivity index is 2.05. The van der Waals surface area contributed by atoms with Gasteiger partial charge in [-0.2, -0.15) is 0 Å². The van der Waals surface area contributed by atoms with Gasteiger partial charge in [0.05, 0.1) is 0 Å². The van der Waals surface area contributed by atoms with Crippen LogP contribution in [-0.2, 0) is 5.75 Å². The smallest absolute Gasteiger partial charge is 0.0467 e. The summed E-state index contributed by atoms with van der Waals surface area (Å²) < 4.78 is 0. The van der Waals surface area contributed by atoms with Crippen molar-refractivity contribution < 1.29 is 0 Å². The number of nitrogens with two attached hydrogens (primary N) is 1. The van der Waals surface area contributed by atoms with Gasteiger partial charge in [0, 0.05) is 21.4 Å². The molecule has 16 heavy (non-hydrogen) atoms. The van der Waals surface area contributed by atoms with E-state index in [1.807, 2.05) is 30.3 Å². The topological polar surface area (TPSA) is 26.0 Å². The Bertz CT molecular complexity index is 471. The summed E-state index contributed by atoms with van der Waals surface area (Å²) in [4.78, 5) is 1.08. The molecule has 0 atom stereocenters. The number of halogens is 1. The van der Waals surface area contributed by atoms with Gasteiger partial charge in [-0.15, -0.1) is 11.8 Å². The van der Waals surface area contributed by atoms with Crippen molar-refractivity contribution >= 4 is 29.1 Å². The SMILES string of the molecule is Nc1cc(Cl)ccc1SCc1ccccc1. The summed E-state index contributed by atoms with van der Waals surface area (Å²) in [6.07, 6.45) is 0. The number of nitrogen functional groups attached to an aromatic ring is 1. The Kier molecular flexibility index (Phi) is 3.75. The first kappa shape index (κ1) is 11.4. The second kappa shape index (κ2) is 5.28. The molecule has 0 heterocycles. The van der Waals surface area contributed by atoms with Crippen LogP contribution in [0.5, 0.6) is 0 Å². The molecule has 0 saturated carbocycles. The predicted octanol–water partition coefficient (Wildman–Crippen LogP) is 4.21. The standard InChI is InChI=1S/C13H12ClNS/c14-11-6-7-13(12(15)8-11)16-9-10-4-2-1-3-5-10/h1-8H,9,15H2. The molecular formula is C13H12ClNS. The molecule has 3 heteroatoms. The van der Waals surface area contributed by atoms with Crippen LogP contribution in [0.15, 0.2) is 53.4 Å². The normalized spacial score (nSPS) is 10.3.